The molecule has 0 fully saturated rings. The molecule has 5 heteroatoms. The van der Waals surface area contributed by atoms with E-state index in [0.717, 1.165) is 29.7 Å². The molecule has 1 amide bonds. The number of aryl methyl sites for hydroxylation is 2. The lowest BCUT2D eigenvalue weighted by Gasteiger charge is -2.35. The molecule has 4 rings (SSSR count). The molecule has 1 aliphatic rings. The fourth-order valence-electron chi connectivity index (χ4n) is 3.57. The third kappa shape index (κ3) is 2.69. The molecular weight excluding hydrogens is 331 g/mol. The average molecular weight is 350 g/mol. The van der Waals surface area contributed by atoms with Crippen LogP contribution in [0, 0.1) is 12.7 Å². The van der Waals surface area contributed by atoms with E-state index in [4.69, 9.17) is 4.52 Å². The Kier molecular flexibility index (Phi) is 4.07. The summed E-state index contributed by atoms with van der Waals surface area (Å²) >= 11 is 0. The number of fused-ring (bicyclic) bond motifs is 1. The maximum atomic E-state index is 13.6. The molecule has 2 heterocycles. The van der Waals surface area contributed by atoms with Crippen LogP contribution in [-0.2, 0) is 6.42 Å². The van der Waals surface area contributed by atoms with Crippen LogP contribution < -0.4 is 4.90 Å². The van der Waals surface area contributed by atoms with Crippen LogP contribution >= 0.6 is 0 Å². The van der Waals surface area contributed by atoms with Crippen molar-refractivity contribution in [3.8, 4) is 11.3 Å². The third-order valence-electron chi connectivity index (χ3n) is 4.92. The Balaban J connectivity index is 1.81. The first-order chi connectivity index (χ1) is 12.6. The summed E-state index contributed by atoms with van der Waals surface area (Å²) < 4.78 is 19.0. The van der Waals surface area contributed by atoms with Gasteiger partial charge in [-0.25, -0.2) is 4.39 Å². The van der Waals surface area contributed by atoms with Gasteiger partial charge in [-0.3, -0.25) is 4.79 Å². The Bertz CT molecular complexity index is 965. The standard InChI is InChI=1S/C21H19FN2O2/c1-13-8-9-16-12-17(22)10-11-18(16)24(13)21(25)19-14(2)26-23-20(19)15-6-4-3-5-7-15/h3-7,10-13H,8-9H2,1-2H3/t13-/m0/s1. The van der Waals surface area contributed by atoms with E-state index in [0.29, 0.717) is 17.0 Å². The Labute approximate surface area is 151 Å². The number of benzene rings is 2. The number of halogens is 1. The molecule has 0 saturated heterocycles. The molecule has 4 nitrogen and oxygen atoms in total. The van der Waals surface area contributed by atoms with Gasteiger partial charge in [-0.15, -0.1) is 0 Å². The van der Waals surface area contributed by atoms with Crippen LogP contribution in [0.15, 0.2) is 53.1 Å². The highest BCUT2D eigenvalue weighted by Crippen LogP contribution is 2.35. The van der Waals surface area contributed by atoms with Gasteiger partial charge in [0.05, 0.1) is 0 Å². The minimum Gasteiger partial charge on any atom is -0.360 e. The van der Waals surface area contributed by atoms with Gasteiger partial charge in [0, 0.05) is 17.3 Å². The number of carbonyl (C=O) groups is 1. The maximum Gasteiger partial charge on any atom is 0.264 e. The third-order valence-corrected chi connectivity index (χ3v) is 4.92. The number of amides is 1. The molecule has 0 spiro atoms. The molecule has 132 valence electrons. The summed E-state index contributed by atoms with van der Waals surface area (Å²) in [7, 11) is 0. The predicted molar refractivity (Wildman–Crippen MR) is 97.7 cm³/mol. The lowest BCUT2D eigenvalue weighted by atomic mass is 9.95. The van der Waals surface area contributed by atoms with E-state index in [1.807, 2.05) is 37.3 Å². The van der Waals surface area contributed by atoms with Crippen molar-refractivity contribution in [3.05, 3.63) is 71.2 Å². The van der Waals surface area contributed by atoms with Crippen molar-refractivity contribution in [2.75, 3.05) is 4.90 Å². The SMILES string of the molecule is Cc1onc(-c2ccccc2)c1C(=O)N1c2ccc(F)cc2CC[C@@H]1C. The number of hydrogen-bond donors (Lipinski definition) is 0. The van der Waals surface area contributed by atoms with Gasteiger partial charge in [0.1, 0.15) is 22.8 Å². The maximum absolute atomic E-state index is 13.6. The fourth-order valence-corrected chi connectivity index (χ4v) is 3.57. The summed E-state index contributed by atoms with van der Waals surface area (Å²) in [6, 6.07) is 14.1. The summed E-state index contributed by atoms with van der Waals surface area (Å²) in [5.74, 6) is 0.0368. The van der Waals surface area contributed by atoms with Gasteiger partial charge >= 0.3 is 0 Å². The number of anilines is 1. The van der Waals surface area contributed by atoms with Gasteiger partial charge in [0.2, 0.25) is 0 Å². The quantitative estimate of drug-likeness (QED) is 0.669. The van der Waals surface area contributed by atoms with Gasteiger partial charge in [0.25, 0.3) is 5.91 Å². The van der Waals surface area contributed by atoms with E-state index >= 15 is 0 Å². The second kappa shape index (κ2) is 6.41. The van der Waals surface area contributed by atoms with E-state index in [2.05, 4.69) is 5.16 Å². The van der Waals surface area contributed by atoms with Gasteiger partial charge in [-0.2, -0.15) is 0 Å². The van der Waals surface area contributed by atoms with Crippen molar-refractivity contribution in [2.24, 2.45) is 0 Å². The first-order valence-corrected chi connectivity index (χ1v) is 8.70. The monoisotopic (exact) mass is 350 g/mol. The predicted octanol–water partition coefficient (Wildman–Crippen LogP) is 4.77. The van der Waals surface area contributed by atoms with Crippen LogP contribution in [0.3, 0.4) is 0 Å². The van der Waals surface area contributed by atoms with Crippen molar-refractivity contribution in [3.63, 3.8) is 0 Å². The topological polar surface area (TPSA) is 46.3 Å². The van der Waals surface area contributed by atoms with Crippen LogP contribution in [0.5, 0.6) is 0 Å². The Morgan fingerprint density at radius 2 is 2.00 bits per heavy atom. The first kappa shape index (κ1) is 16.5. The van der Waals surface area contributed by atoms with Crippen molar-refractivity contribution in [2.45, 2.75) is 32.7 Å². The molecule has 1 aromatic heterocycles. The number of hydrogen-bond acceptors (Lipinski definition) is 3. The molecule has 0 N–H and O–H groups in total. The van der Waals surface area contributed by atoms with E-state index in [1.54, 1.807) is 17.9 Å². The number of nitrogens with zero attached hydrogens (tertiary/aromatic N) is 2. The van der Waals surface area contributed by atoms with E-state index in [1.165, 1.54) is 12.1 Å². The van der Waals surface area contributed by atoms with Gasteiger partial charge in [-0.05, 0) is 50.5 Å². The molecule has 2 aromatic carbocycles. The van der Waals surface area contributed by atoms with Crippen molar-refractivity contribution in [1.82, 2.24) is 5.16 Å². The normalized spacial score (nSPS) is 16.4. The smallest absolute Gasteiger partial charge is 0.264 e. The molecule has 26 heavy (non-hydrogen) atoms. The summed E-state index contributed by atoms with van der Waals surface area (Å²) in [4.78, 5) is 15.2. The second-order valence-electron chi connectivity index (χ2n) is 6.66. The van der Waals surface area contributed by atoms with Gasteiger partial charge in [0.15, 0.2) is 0 Å². The molecule has 0 aliphatic carbocycles. The first-order valence-electron chi connectivity index (χ1n) is 8.70. The van der Waals surface area contributed by atoms with Crippen molar-refractivity contribution < 1.29 is 13.7 Å². The van der Waals surface area contributed by atoms with Gasteiger partial charge in [-0.1, -0.05) is 35.5 Å². The largest absolute Gasteiger partial charge is 0.360 e. The van der Waals surface area contributed by atoms with Crippen LogP contribution in [-0.4, -0.2) is 17.1 Å². The lowest BCUT2D eigenvalue weighted by molar-refractivity contribution is 0.0974. The summed E-state index contributed by atoms with van der Waals surface area (Å²) in [6.07, 6.45) is 1.54. The molecule has 0 radical (unpaired) electrons. The highest BCUT2D eigenvalue weighted by Gasteiger charge is 2.33. The van der Waals surface area contributed by atoms with E-state index in [-0.39, 0.29) is 17.8 Å². The molecule has 0 unspecified atom stereocenters. The van der Waals surface area contributed by atoms with Crippen LogP contribution in [0.4, 0.5) is 10.1 Å². The number of aromatic nitrogens is 1. The van der Waals surface area contributed by atoms with E-state index in [9.17, 15) is 9.18 Å². The Morgan fingerprint density at radius 1 is 1.23 bits per heavy atom. The highest BCUT2D eigenvalue weighted by molar-refractivity contribution is 6.11. The minimum atomic E-state index is -0.281. The fraction of sp³-hybridized carbons (Fsp3) is 0.238. The summed E-state index contributed by atoms with van der Waals surface area (Å²) in [5.41, 5.74) is 3.44. The minimum absolute atomic E-state index is 0.0124. The number of carbonyl (C=O) groups excluding carboxylic acids is 1. The molecule has 1 atom stereocenters. The average Bonchev–Trinajstić information content (AvgIpc) is 3.03. The van der Waals surface area contributed by atoms with Crippen LogP contribution in [0.2, 0.25) is 0 Å². The molecule has 3 aromatic rings. The molecule has 0 bridgehead atoms. The molecular formula is C21H19FN2O2. The Morgan fingerprint density at radius 3 is 2.77 bits per heavy atom. The zero-order valence-corrected chi connectivity index (χ0v) is 14.7. The van der Waals surface area contributed by atoms with E-state index < -0.39 is 0 Å². The Hall–Kier alpha value is -2.95. The van der Waals surface area contributed by atoms with Crippen LogP contribution in [0.25, 0.3) is 11.3 Å². The lowest BCUT2D eigenvalue weighted by Crippen LogP contribution is -2.42. The van der Waals surface area contributed by atoms with Gasteiger partial charge < -0.3 is 9.42 Å². The van der Waals surface area contributed by atoms with Crippen molar-refractivity contribution in [1.29, 1.82) is 0 Å². The van der Waals surface area contributed by atoms with Crippen LogP contribution in [0.1, 0.15) is 35.0 Å². The van der Waals surface area contributed by atoms with Crippen molar-refractivity contribution >= 4 is 11.6 Å². The highest BCUT2D eigenvalue weighted by atomic mass is 19.1. The second-order valence-corrected chi connectivity index (χ2v) is 6.66. The number of rotatable bonds is 2. The summed E-state index contributed by atoms with van der Waals surface area (Å²) in [5, 5.41) is 4.11. The molecule has 0 saturated carbocycles. The molecule has 1 aliphatic heterocycles. The zero-order valence-electron chi connectivity index (χ0n) is 14.7. The zero-order chi connectivity index (χ0) is 18.3. The summed E-state index contributed by atoms with van der Waals surface area (Å²) in [6.45, 7) is 3.75.